The first-order valence-electron chi connectivity index (χ1n) is 7.77. The van der Waals surface area contributed by atoms with E-state index in [4.69, 9.17) is 9.47 Å². The topological polar surface area (TPSA) is 78.7 Å². The molecule has 2 saturated heterocycles. The van der Waals surface area contributed by atoms with Gasteiger partial charge in [-0.25, -0.2) is 0 Å². The summed E-state index contributed by atoms with van der Waals surface area (Å²) in [6, 6.07) is 15.6. The molecule has 0 unspecified atom stereocenters. The van der Waals surface area contributed by atoms with Crippen molar-refractivity contribution in [3.63, 3.8) is 0 Å². The third-order valence-electron chi connectivity index (χ3n) is 4.57. The van der Waals surface area contributed by atoms with Crippen molar-refractivity contribution in [2.45, 2.75) is 30.8 Å². The van der Waals surface area contributed by atoms with E-state index < -0.39 is 22.9 Å². The van der Waals surface area contributed by atoms with Crippen molar-refractivity contribution < 1.29 is 19.2 Å². The molecule has 0 amide bonds. The Morgan fingerprint density at radius 2 is 1.67 bits per heavy atom. The Labute approximate surface area is 138 Å². The van der Waals surface area contributed by atoms with Gasteiger partial charge in [-0.05, 0) is 17.7 Å². The minimum absolute atomic E-state index is 0.00223. The fourth-order valence-electron chi connectivity index (χ4n) is 3.35. The molecule has 0 N–H and O–H groups in total. The summed E-state index contributed by atoms with van der Waals surface area (Å²) >= 11 is 0. The highest BCUT2D eigenvalue weighted by atomic mass is 16.8. The lowest BCUT2D eigenvalue weighted by Gasteiger charge is -2.31. The molecule has 0 saturated carbocycles. The van der Waals surface area contributed by atoms with E-state index in [2.05, 4.69) is 0 Å². The molecule has 2 fully saturated rings. The zero-order valence-electron chi connectivity index (χ0n) is 12.8. The van der Waals surface area contributed by atoms with Crippen LogP contribution in [0.2, 0.25) is 0 Å². The van der Waals surface area contributed by atoms with E-state index in [1.54, 1.807) is 12.1 Å². The molecule has 2 heterocycles. The Morgan fingerprint density at radius 1 is 1.00 bits per heavy atom. The van der Waals surface area contributed by atoms with Crippen LogP contribution in [0.5, 0.6) is 0 Å². The van der Waals surface area contributed by atoms with Crippen molar-refractivity contribution in [2.75, 3.05) is 0 Å². The molecule has 4 rings (SSSR count). The number of carbonyl (C=O) groups is 1. The Hall–Kier alpha value is -2.57. The number of ether oxygens (including phenoxy) is 2. The van der Waals surface area contributed by atoms with Crippen molar-refractivity contribution in [3.05, 3.63) is 75.8 Å². The predicted octanol–water partition coefficient (Wildman–Crippen LogP) is 3.27. The van der Waals surface area contributed by atoms with Gasteiger partial charge in [0.05, 0.1) is 4.92 Å². The molecule has 0 aliphatic carbocycles. The number of hydrogen-bond acceptors (Lipinski definition) is 5. The number of benzene rings is 2. The molecule has 2 aromatic rings. The smallest absolute Gasteiger partial charge is 0.269 e. The molecule has 2 aromatic carbocycles. The standard InChI is InChI=1S/C18H15NO5/c20-15-10-11-18(13-4-2-1-3-5-13)23-16(17(15)24-18)12-6-8-14(9-7-12)19(21)22/h1-9,16-17H,10-11H2/t16-,17-,18-/m0/s1. The third-order valence-corrected chi connectivity index (χ3v) is 4.57. The van der Waals surface area contributed by atoms with Crippen LogP contribution >= 0.6 is 0 Å². The van der Waals surface area contributed by atoms with Gasteiger partial charge in [-0.3, -0.25) is 14.9 Å². The fourth-order valence-corrected chi connectivity index (χ4v) is 3.35. The highest BCUT2D eigenvalue weighted by Gasteiger charge is 2.55. The molecule has 6 nitrogen and oxygen atoms in total. The second-order valence-electron chi connectivity index (χ2n) is 6.01. The van der Waals surface area contributed by atoms with Gasteiger partial charge in [0.15, 0.2) is 11.6 Å². The first-order chi connectivity index (χ1) is 11.6. The number of Topliss-reactive ketones (excluding diaryl/α,β-unsaturated/α-hetero) is 1. The Morgan fingerprint density at radius 3 is 2.33 bits per heavy atom. The number of fused-ring (bicyclic) bond motifs is 2. The van der Waals surface area contributed by atoms with Crippen LogP contribution in [0.3, 0.4) is 0 Å². The number of non-ortho nitro benzene ring substituents is 1. The van der Waals surface area contributed by atoms with Gasteiger partial charge in [0, 0.05) is 30.5 Å². The molecule has 122 valence electrons. The summed E-state index contributed by atoms with van der Waals surface area (Å²) < 4.78 is 12.2. The predicted molar refractivity (Wildman–Crippen MR) is 84.2 cm³/mol. The molecule has 0 radical (unpaired) electrons. The number of nitro groups is 1. The SMILES string of the molecule is O=C1CC[C@@]2(c3ccccc3)O[C@@H]1[C@H](c1ccc([N+](=O)[O-])cc1)O2. The number of ketones is 1. The summed E-state index contributed by atoms with van der Waals surface area (Å²) in [4.78, 5) is 22.6. The molecule has 6 heteroatoms. The zero-order chi connectivity index (χ0) is 16.7. The summed E-state index contributed by atoms with van der Waals surface area (Å²) in [5, 5.41) is 10.8. The maximum atomic E-state index is 12.3. The van der Waals surface area contributed by atoms with Gasteiger partial charge in [0.2, 0.25) is 0 Å². The highest BCUT2D eigenvalue weighted by molar-refractivity contribution is 5.85. The van der Waals surface area contributed by atoms with Crippen molar-refractivity contribution in [2.24, 2.45) is 0 Å². The van der Waals surface area contributed by atoms with Crippen LogP contribution in [0, 0.1) is 10.1 Å². The lowest BCUT2D eigenvalue weighted by atomic mass is 9.94. The minimum Gasteiger partial charge on any atom is -0.335 e. The summed E-state index contributed by atoms with van der Waals surface area (Å²) in [5.41, 5.74) is 1.59. The van der Waals surface area contributed by atoms with E-state index in [9.17, 15) is 14.9 Å². The van der Waals surface area contributed by atoms with Gasteiger partial charge in [0.25, 0.3) is 5.69 Å². The van der Waals surface area contributed by atoms with E-state index >= 15 is 0 Å². The molecule has 0 aromatic heterocycles. The summed E-state index contributed by atoms with van der Waals surface area (Å²) in [7, 11) is 0. The quantitative estimate of drug-likeness (QED) is 0.639. The van der Waals surface area contributed by atoms with Crippen molar-refractivity contribution in [1.82, 2.24) is 0 Å². The van der Waals surface area contributed by atoms with E-state index in [-0.39, 0.29) is 11.5 Å². The number of carbonyl (C=O) groups excluding carboxylic acids is 1. The van der Waals surface area contributed by atoms with Crippen LogP contribution < -0.4 is 0 Å². The van der Waals surface area contributed by atoms with E-state index in [0.717, 1.165) is 5.56 Å². The van der Waals surface area contributed by atoms with Gasteiger partial charge >= 0.3 is 0 Å². The fraction of sp³-hybridized carbons (Fsp3) is 0.278. The molecule has 2 aliphatic heterocycles. The van der Waals surface area contributed by atoms with E-state index in [0.29, 0.717) is 18.4 Å². The molecule has 3 atom stereocenters. The number of rotatable bonds is 3. The molecule has 24 heavy (non-hydrogen) atoms. The molecular weight excluding hydrogens is 310 g/mol. The molecule has 2 bridgehead atoms. The molecule has 2 aliphatic rings. The second kappa shape index (κ2) is 5.51. The normalized spacial score (nSPS) is 28.8. The lowest BCUT2D eigenvalue weighted by molar-refractivity contribution is -0.384. The van der Waals surface area contributed by atoms with Crippen molar-refractivity contribution in [3.8, 4) is 0 Å². The van der Waals surface area contributed by atoms with Gasteiger partial charge in [-0.15, -0.1) is 0 Å². The average molecular weight is 325 g/mol. The number of hydrogen-bond donors (Lipinski definition) is 0. The van der Waals surface area contributed by atoms with Crippen LogP contribution in [0.4, 0.5) is 5.69 Å². The van der Waals surface area contributed by atoms with E-state index in [1.165, 1.54) is 12.1 Å². The van der Waals surface area contributed by atoms with Crippen LogP contribution in [0.1, 0.15) is 30.1 Å². The molecular formula is C18H15NO5. The van der Waals surface area contributed by atoms with Crippen LogP contribution in [-0.2, 0) is 20.1 Å². The maximum absolute atomic E-state index is 12.3. The van der Waals surface area contributed by atoms with Crippen LogP contribution in [-0.4, -0.2) is 16.8 Å². The number of nitro benzene ring substituents is 1. The van der Waals surface area contributed by atoms with Crippen LogP contribution in [0.25, 0.3) is 0 Å². The summed E-state index contributed by atoms with van der Waals surface area (Å²) in [5.74, 6) is -0.922. The lowest BCUT2D eigenvalue weighted by Crippen LogP contribution is -2.36. The van der Waals surface area contributed by atoms with E-state index in [1.807, 2.05) is 30.3 Å². The third kappa shape index (κ3) is 2.31. The summed E-state index contributed by atoms with van der Waals surface area (Å²) in [6.07, 6.45) is -0.375. The second-order valence-corrected chi connectivity index (χ2v) is 6.01. The minimum atomic E-state index is -0.924. The summed E-state index contributed by atoms with van der Waals surface area (Å²) in [6.45, 7) is 0. The Kier molecular flexibility index (Phi) is 3.44. The van der Waals surface area contributed by atoms with Gasteiger partial charge < -0.3 is 9.47 Å². The van der Waals surface area contributed by atoms with Crippen molar-refractivity contribution in [1.29, 1.82) is 0 Å². The van der Waals surface area contributed by atoms with Crippen LogP contribution in [0.15, 0.2) is 54.6 Å². The zero-order valence-corrected chi connectivity index (χ0v) is 12.8. The largest absolute Gasteiger partial charge is 0.335 e. The highest BCUT2D eigenvalue weighted by Crippen LogP contribution is 2.50. The Balaban J connectivity index is 1.70. The first-order valence-corrected chi connectivity index (χ1v) is 7.77. The Bertz CT molecular complexity index is 789. The van der Waals surface area contributed by atoms with Gasteiger partial charge in [0.1, 0.15) is 12.2 Å². The number of nitrogens with zero attached hydrogens (tertiary/aromatic N) is 1. The molecule has 0 spiro atoms. The van der Waals surface area contributed by atoms with Crippen molar-refractivity contribution >= 4 is 11.5 Å². The van der Waals surface area contributed by atoms with Gasteiger partial charge in [-0.2, -0.15) is 0 Å². The first kappa shape index (κ1) is 15.0. The van der Waals surface area contributed by atoms with Gasteiger partial charge in [-0.1, -0.05) is 30.3 Å². The monoisotopic (exact) mass is 325 g/mol. The maximum Gasteiger partial charge on any atom is 0.269 e. The average Bonchev–Trinajstić information content (AvgIpc) is 2.96.